The van der Waals surface area contributed by atoms with E-state index in [1.807, 2.05) is 26.0 Å². The fourth-order valence-electron chi connectivity index (χ4n) is 3.21. The molecule has 0 saturated heterocycles. The molecule has 0 aliphatic rings. The topological polar surface area (TPSA) is 99.1 Å². The van der Waals surface area contributed by atoms with E-state index in [2.05, 4.69) is 10.5 Å². The van der Waals surface area contributed by atoms with Gasteiger partial charge in [0.25, 0.3) is 15.9 Å². The SMILES string of the molecule is CC(=NNC(=O)CN(c1ccc(C(C)C)cc1)S(=O)(=O)c1ccccc1)c1ccccc1O. The van der Waals surface area contributed by atoms with Gasteiger partial charge in [-0.1, -0.05) is 56.3 Å². The molecule has 0 saturated carbocycles. The summed E-state index contributed by atoms with van der Waals surface area (Å²) in [6, 6.07) is 21.7. The molecular formula is C25H27N3O4S. The lowest BCUT2D eigenvalue weighted by atomic mass is 10.0. The van der Waals surface area contributed by atoms with Crippen molar-refractivity contribution in [2.75, 3.05) is 10.8 Å². The van der Waals surface area contributed by atoms with E-state index >= 15 is 0 Å². The zero-order valence-corrected chi connectivity index (χ0v) is 19.6. The molecule has 3 aromatic rings. The molecule has 1 amide bonds. The van der Waals surface area contributed by atoms with Crippen molar-refractivity contribution in [3.63, 3.8) is 0 Å². The van der Waals surface area contributed by atoms with Crippen molar-refractivity contribution in [2.45, 2.75) is 31.6 Å². The molecule has 3 rings (SSSR count). The predicted molar refractivity (Wildman–Crippen MR) is 130 cm³/mol. The van der Waals surface area contributed by atoms with Gasteiger partial charge in [0.15, 0.2) is 0 Å². The maximum Gasteiger partial charge on any atom is 0.264 e. The Labute approximate surface area is 194 Å². The number of para-hydroxylation sites is 1. The average molecular weight is 466 g/mol. The van der Waals surface area contributed by atoms with Gasteiger partial charge in [0.05, 0.1) is 16.3 Å². The number of phenolic OH excluding ortho intramolecular Hbond substituents is 1. The second kappa shape index (κ2) is 10.3. The number of nitrogens with zero attached hydrogens (tertiary/aromatic N) is 2. The van der Waals surface area contributed by atoms with Gasteiger partial charge >= 0.3 is 0 Å². The number of hydrogen-bond acceptors (Lipinski definition) is 5. The fraction of sp³-hybridized carbons (Fsp3) is 0.200. The van der Waals surface area contributed by atoms with Gasteiger partial charge < -0.3 is 5.11 Å². The lowest BCUT2D eigenvalue weighted by Crippen LogP contribution is -2.39. The van der Waals surface area contributed by atoms with Crippen LogP contribution in [0.25, 0.3) is 0 Å². The third-order valence-corrected chi connectivity index (χ3v) is 6.90. The highest BCUT2D eigenvalue weighted by atomic mass is 32.2. The van der Waals surface area contributed by atoms with Crippen molar-refractivity contribution >= 4 is 27.3 Å². The van der Waals surface area contributed by atoms with Gasteiger partial charge in [0.1, 0.15) is 12.3 Å². The number of benzene rings is 3. The molecule has 7 nitrogen and oxygen atoms in total. The quantitative estimate of drug-likeness (QED) is 0.384. The first-order chi connectivity index (χ1) is 15.7. The van der Waals surface area contributed by atoms with Gasteiger partial charge in [0.2, 0.25) is 0 Å². The van der Waals surface area contributed by atoms with Crippen molar-refractivity contribution in [3.05, 3.63) is 90.0 Å². The van der Waals surface area contributed by atoms with Crippen LogP contribution in [-0.4, -0.2) is 31.7 Å². The monoisotopic (exact) mass is 465 g/mol. The van der Waals surface area contributed by atoms with Crippen LogP contribution in [0.1, 0.15) is 37.8 Å². The van der Waals surface area contributed by atoms with Crippen LogP contribution in [0.15, 0.2) is 88.9 Å². The van der Waals surface area contributed by atoms with E-state index in [9.17, 15) is 18.3 Å². The molecule has 0 aliphatic heterocycles. The zero-order valence-electron chi connectivity index (χ0n) is 18.8. The van der Waals surface area contributed by atoms with E-state index in [0.29, 0.717) is 17.0 Å². The minimum Gasteiger partial charge on any atom is -0.507 e. The molecule has 0 aliphatic carbocycles. The van der Waals surface area contributed by atoms with Crippen LogP contribution in [0.4, 0.5) is 5.69 Å². The Bertz CT molecular complexity index is 1240. The minimum atomic E-state index is -4.00. The number of hydrazone groups is 1. The molecule has 0 atom stereocenters. The van der Waals surface area contributed by atoms with Crippen LogP contribution < -0.4 is 9.73 Å². The van der Waals surface area contributed by atoms with Crippen LogP contribution in [0.5, 0.6) is 5.75 Å². The van der Waals surface area contributed by atoms with E-state index in [4.69, 9.17) is 0 Å². The Morgan fingerprint density at radius 1 is 0.970 bits per heavy atom. The first-order valence-corrected chi connectivity index (χ1v) is 11.9. The number of hydrogen-bond donors (Lipinski definition) is 2. The maximum atomic E-state index is 13.4. The van der Waals surface area contributed by atoms with Gasteiger partial charge in [-0.2, -0.15) is 5.10 Å². The summed E-state index contributed by atoms with van der Waals surface area (Å²) in [4.78, 5) is 12.8. The molecule has 2 N–H and O–H groups in total. The summed E-state index contributed by atoms with van der Waals surface area (Å²) in [7, 11) is -4.00. The van der Waals surface area contributed by atoms with Crippen molar-refractivity contribution in [2.24, 2.45) is 5.10 Å². The smallest absolute Gasteiger partial charge is 0.264 e. The number of rotatable bonds is 8. The van der Waals surface area contributed by atoms with Crippen LogP contribution in [0, 0.1) is 0 Å². The first kappa shape index (κ1) is 24.0. The standard InChI is InChI=1S/C25H27N3O4S/c1-18(2)20-13-15-21(16-14-20)28(33(31,32)22-9-5-4-6-10-22)17-25(30)27-26-19(3)23-11-7-8-12-24(23)29/h4-16,18,29H,17H2,1-3H3,(H,27,30). The Kier molecular flexibility index (Phi) is 7.50. The summed E-state index contributed by atoms with van der Waals surface area (Å²) >= 11 is 0. The molecule has 0 spiro atoms. The number of nitrogens with one attached hydrogen (secondary N) is 1. The Balaban J connectivity index is 1.89. The normalized spacial score (nSPS) is 11.9. The van der Waals surface area contributed by atoms with Crippen LogP contribution in [-0.2, 0) is 14.8 Å². The van der Waals surface area contributed by atoms with E-state index in [-0.39, 0.29) is 16.6 Å². The first-order valence-electron chi connectivity index (χ1n) is 10.5. The van der Waals surface area contributed by atoms with Gasteiger partial charge in [-0.15, -0.1) is 0 Å². The fourth-order valence-corrected chi connectivity index (χ4v) is 4.65. The van der Waals surface area contributed by atoms with E-state index in [1.54, 1.807) is 55.5 Å². The van der Waals surface area contributed by atoms with E-state index in [0.717, 1.165) is 9.87 Å². The molecule has 3 aromatic carbocycles. The number of aromatic hydroxyl groups is 1. The van der Waals surface area contributed by atoms with Gasteiger partial charge in [0, 0.05) is 5.56 Å². The highest BCUT2D eigenvalue weighted by Crippen LogP contribution is 2.25. The van der Waals surface area contributed by atoms with Crippen LogP contribution in [0.3, 0.4) is 0 Å². The van der Waals surface area contributed by atoms with E-state index < -0.39 is 22.5 Å². The maximum absolute atomic E-state index is 13.4. The van der Waals surface area contributed by atoms with Gasteiger partial charge in [-0.05, 0) is 54.8 Å². The molecule has 33 heavy (non-hydrogen) atoms. The third kappa shape index (κ3) is 5.78. The lowest BCUT2D eigenvalue weighted by molar-refractivity contribution is -0.119. The molecule has 0 heterocycles. The molecule has 0 bridgehead atoms. The van der Waals surface area contributed by atoms with Crippen molar-refractivity contribution in [1.82, 2.24) is 5.43 Å². The molecule has 0 radical (unpaired) electrons. The largest absolute Gasteiger partial charge is 0.507 e. The Morgan fingerprint density at radius 3 is 2.18 bits per heavy atom. The van der Waals surface area contributed by atoms with Gasteiger partial charge in [-0.3, -0.25) is 9.10 Å². The molecular weight excluding hydrogens is 438 g/mol. The third-order valence-electron chi connectivity index (χ3n) is 5.11. The Morgan fingerprint density at radius 2 is 1.58 bits per heavy atom. The highest BCUT2D eigenvalue weighted by Gasteiger charge is 2.27. The number of amides is 1. The van der Waals surface area contributed by atoms with E-state index in [1.165, 1.54) is 18.2 Å². The predicted octanol–water partition coefficient (Wildman–Crippen LogP) is 4.25. The number of carbonyl (C=O) groups is 1. The summed E-state index contributed by atoms with van der Waals surface area (Å²) in [6.45, 7) is 5.27. The van der Waals surface area contributed by atoms with Crippen LogP contribution in [0.2, 0.25) is 0 Å². The second-order valence-corrected chi connectivity index (χ2v) is 9.68. The number of carbonyl (C=O) groups excluding carboxylic acids is 1. The number of sulfonamides is 1. The average Bonchev–Trinajstić information content (AvgIpc) is 2.82. The Hall–Kier alpha value is -3.65. The lowest BCUT2D eigenvalue weighted by Gasteiger charge is -2.24. The molecule has 172 valence electrons. The molecule has 0 aromatic heterocycles. The van der Waals surface area contributed by atoms with Crippen molar-refractivity contribution in [1.29, 1.82) is 0 Å². The van der Waals surface area contributed by atoms with Crippen LogP contribution >= 0.6 is 0 Å². The highest BCUT2D eigenvalue weighted by molar-refractivity contribution is 7.92. The second-order valence-electron chi connectivity index (χ2n) is 7.82. The summed E-state index contributed by atoms with van der Waals surface area (Å²) in [6.07, 6.45) is 0. The zero-order chi connectivity index (χ0) is 24.0. The number of anilines is 1. The molecule has 0 unspecified atom stereocenters. The van der Waals surface area contributed by atoms with Crippen molar-refractivity contribution in [3.8, 4) is 5.75 Å². The van der Waals surface area contributed by atoms with Gasteiger partial charge in [-0.25, -0.2) is 13.8 Å². The summed E-state index contributed by atoms with van der Waals surface area (Å²) in [5, 5.41) is 14.0. The molecule has 8 heteroatoms. The summed E-state index contributed by atoms with van der Waals surface area (Å²) in [5.41, 5.74) is 4.68. The summed E-state index contributed by atoms with van der Waals surface area (Å²) < 4.78 is 27.8. The van der Waals surface area contributed by atoms with Crippen molar-refractivity contribution < 1.29 is 18.3 Å². The minimum absolute atomic E-state index is 0.0338. The molecule has 0 fully saturated rings. The number of phenols is 1. The summed E-state index contributed by atoms with van der Waals surface area (Å²) in [5.74, 6) is -0.294.